The SMILES string of the molecule is COc1cc2ncnc(Nc3cc(C(F)(F)F)c(Oc4ccn5ncnc5c4)cc3OC)c2cc1NC(=O)/C(F)=C/[C@H]1CCCN1C. The maximum absolute atomic E-state index is 14.9. The second kappa shape index (κ2) is 12.7. The number of pyridine rings is 1. The van der Waals surface area contributed by atoms with E-state index in [0.717, 1.165) is 31.5 Å². The smallest absolute Gasteiger partial charge is 0.420 e. The molecule has 1 amide bonds. The molecule has 16 heteroatoms. The molecule has 2 N–H and O–H groups in total. The zero-order chi connectivity index (χ0) is 33.3. The average Bonchev–Trinajstić information content (AvgIpc) is 3.68. The summed E-state index contributed by atoms with van der Waals surface area (Å²) in [7, 11) is 4.52. The summed E-state index contributed by atoms with van der Waals surface area (Å²) in [6.07, 6.45) is 2.10. The molecule has 5 aromatic rings. The number of nitrogens with zero attached hydrogens (tertiary/aromatic N) is 6. The van der Waals surface area contributed by atoms with E-state index in [1.165, 1.54) is 67.9 Å². The third-order valence-electron chi connectivity index (χ3n) is 7.68. The number of ether oxygens (including phenoxy) is 3. The van der Waals surface area contributed by atoms with Crippen LogP contribution in [0.5, 0.6) is 23.0 Å². The lowest BCUT2D eigenvalue weighted by Gasteiger charge is -2.19. The Hall–Kier alpha value is -5.51. The molecule has 4 heterocycles. The molecule has 3 aromatic heterocycles. The topological polar surface area (TPSA) is 128 Å². The van der Waals surface area contributed by atoms with Crippen molar-refractivity contribution < 1.29 is 36.6 Å². The third-order valence-corrected chi connectivity index (χ3v) is 7.68. The quantitative estimate of drug-likeness (QED) is 0.142. The van der Waals surface area contributed by atoms with Gasteiger partial charge in [0.25, 0.3) is 5.91 Å². The number of halogens is 4. The van der Waals surface area contributed by atoms with Gasteiger partial charge in [0.2, 0.25) is 0 Å². The molecule has 0 aliphatic carbocycles. The maximum atomic E-state index is 14.9. The lowest BCUT2D eigenvalue weighted by Crippen LogP contribution is -2.24. The highest BCUT2D eigenvalue weighted by Gasteiger charge is 2.36. The minimum atomic E-state index is -4.82. The molecule has 0 radical (unpaired) electrons. The number of likely N-dealkylation sites (N-methyl/N-ethyl adjacent to an activating group) is 1. The maximum Gasteiger partial charge on any atom is 0.420 e. The van der Waals surface area contributed by atoms with Crippen LogP contribution in [0, 0.1) is 0 Å². The number of fused-ring (bicyclic) bond motifs is 2. The zero-order valence-electron chi connectivity index (χ0n) is 25.3. The molecule has 1 fully saturated rings. The molecule has 6 rings (SSSR count). The van der Waals surface area contributed by atoms with Gasteiger partial charge in [-0.25, -0.2) is 23.9 Å². The molecule has 0 unspecified atom stereocenters. The number of carbonyl (C=O) groups excluding carboxylic acids is 1. The molecule has 1 atom stereocenters. The summed E-state index contributed by atoms with van der Waals surface area (Å²) in [6, 6.07) is 7.57. The van der Waals surface area contributed by atoms with Crippen molar-refractivity contribution in [1.82, 2.24) is 29.5 Å². The average molecular weight is 653 g/mol. The van der Waals surface area contributed by atoms with Crippen molar-refractivity contribution in [2.75, 3.05) is 38.4 Å². The van der Waals surface area contributed by atoms with E-state index < -0.39 is 29.2 Å². The highest BCUT2D eigenvalue weighted by molar-refractivity contribution is 6.05. The number of amides is 1. The Kier molecular flexibility index (Phi) is 8.51. The Morgan fingerprint density at radius 2 is 1.79 bits per heavy atom. The number of aromatic nitrogens is 5. The van der Waals surface area contributed by atoms with Crippen LogP contribution < -0.4 is 24.8 Å². The number of hydrogen-bond donors (Lipinski definition) is 2. The van der Waals surface area contributed by atoms with Gasteiger partial charge in [-0.3, -0.25) is 9.69 Å². The molecular formula is C31H28F4N8O4. The summed E-state index contributed by atoms with van der Waals surface area (Å²) in [6.45, 7) is 0.801. The number of anilines is 3. The number of likely N-dealkylation sites (tertiary alicyclic amines) is 1. The molecule has 2 aromatic carbocycles. The first-order valence-electron chi connectivity index (χ1n) is 14.3. The van der Waals surface area contributed by atoms with Crippen molar-refractivity contribution in [3.05, 3.63) is 72.7 Å². The van der Waals surface area contributed by atoms with Crippen molar-refractivity contribution in [2.45, 2.75) is 25.1 Å². The van der Waals surface area contributed by atoms with E-state index in [-0.39, 0.29) is 40.5 Å². The molecule has 244 valence electrons. The van der Waals surface area contributed by atoms with Gasteiger partial charge in [0.1, 0.15) is 47.0 Å². The number of nitrogens with one attached hydrogen (secondary N) is 2. The summed E-state index contributed by atoms with van der Waals surface area (Å²) in [5.41, 5.74) is -0.368. The van der Waals surface area contributed by atoms with Crippen molar-refractivity contribution in [3.63, 3.8) is 0 Å². The van der Waals surface area contributed by atoms with Crippen molar-refractivity contribution >= 4 is 39.6 Å². The Bertz CT molecular complexity index is 2000. The number of rotatable bonds is 9. The van der Waals surface area contributed by atoms with Crippen molar-refractivity contribution in [2.24, 2.45) is 0 Å². The van der Waals surface area contributed by atoms with Crippen LogP contribution in [0.3, 0.4) is 0 Å². The second-order valence-electron chi connectivity index (χ2n) is 10.6. The van der Waals surface area contributed by atoms with Gasteiger partial charge in [0.15, 0.2) is 11.5 Å². The fraction of sp³-hybridized carbons (Fsp3) is 0.258. The monoisotopic (exact) mass is 652 g/mol. The number of carbonyl (C=O) groups is 1. The van der Waals surface area contributed by atoms with Gasteiger partial charge in [-0.2, -0.15) is 18.3 Å². The van der Waals surface area contributed by atoms with Crippen LogP contribution >= 0.6 is 0 Å². The van der Waals surface area contributed by atoms with Crippen LogP contribution in [0.25, 0.3) is 16.6 Å². The first kappa shape index (κ1) is 31.5. The van der Waals surface area contributed by atoms with Gasteiger partial charge in [-0.05, 0) is 50.7 Å². The minimum absolute atomic E-state index is 0.00875. The minimum Gasteiger partial charge on any atom is -0.494 e. The van der Waals surface area contributed by atoms with Crippen LogP contribution in [0.1, 0.15) is 18.4 Å². The van der Waals surface area contributed by atoms with Crippen LogP contribution in [-0.2, 0) is 11.0 Å². The number of alkyl halides is 3. The summed E-state index contributed by atoms with van der Waals surface area (Å²) in [5.74, 6) is -2.07. The Labute approximate surface area is 265 Å². The molecule has 1 aliphatic rings. The van der Waals surface area contributed by atoms with Crippen LogP contribution in [0.15, 0.2) is 67.2 Å². The van der Waals surface area contributed by atoms with E-state index in [0.29, 0.717) is 16.6 Å². The molecular weight excluding hydrogens is 624 g/mol. The lowest BCUT2D eigenvalue weighted by molar-refractivity contribution is -0.138. The lowest BCUT2D eigenvalue weighted by atomic mass is 10.1. The van der Waals surface area contributed by atoms with Gasteiger partial charge in [-0.1, -0.05) is 0 Å². The summed E-state index contributed by atoms with van der Waals surface area (Å²) >= 11 is 0. The van der Waals surface area contributed by atoms with Crippen molar-refractivity contribution in [1.29, 1.82) is 0 Å². The second-order valence-corrected chi connectivity index (χ2v) is 10.6. The van der Waals surface area contributed by atoms with Gasteiger partial charge in [0.05, 0.1) is 31.1 Å². The van der Waals surface area contributed by atoms with Gasteiger partial charge >= 0.3 is 6.18 Å². The van der Waals surface area contributed by atoms with Gasteiger partial charge in [0, 0.05) is 35.8 Å². The summed E-state index contributed by atoms with van der Waals surface area (Å²) < 4.78 is 75.8. The molecule has 1 saturated heterocycles. The standard InChI is InChI=1S/C31H28F4N8O4/c1-42-7-4-5-17(42)9-21(32)30(44)41-23-11-19-22(13-26(23)45-2)36-15-38-29(19)40-24-12-20(31(33,34)35)25(14-27(24)46-3)47-18-6-8-43-28(10-18)37-16-39-43/h6,8-17H,4-5,7H2,1-3H3,(H,41,44)(H,36,38,40)/b21-9-/t17-/m1/s1. The fourth-order valence-electron chi connectivity index (χ4n) is 5.27. The van der Waals surface area contributed by atoms with E-state index in [1.807, 2.05) is 11.9 Å². The largest absolute Gasteiger partial charge is 0.494 e. The Morgan fingerprint density at radius 3 is 2.51 bits per heavy atom. The highest BCUT2D eigenvalue weighted by atomic mass is 19.4. The normalized spacial score (nSPS) is 15.6. The van der Waals surface area contributed by atoms with Gasteiger partial charge in [-0.15, -0.1) is 0 Å². The third kappa shape index (κ3) is 6.58. The molecule has 0 spiro atoms. The fourth-order valence-corrected chi connectivity index (χ4v) is 5.27. The van der Waals surface area contributed by atoms with Crippen molar-refractivity contribution in [3.8, 4) is 23.0 Å². The first-order chi connectivity index (χ1) is 22.5. The predicted octanol–water partition coefficient (Wildman–Crippen LogP) is 6.13. The molecule has 0 bridgehead atoms. The Balaban J connectivity index is 1.34. The molecule has 12 nitrogen and oxygen atoms in total. The molecule has 47 heavy (non-hydrogen) atoms. The molecule has 1 aliphatic heterocycles. The number of hydrogen-bond acceptors (Lipinski definition) is 10. The number of benzene rings is 2. The zero-order valence-corrected chi connectivity index (χ0v) is 25.3. The van der Waals surface area contributed by atoms with E-state index in [9.17, 15) is 22.4 Å². The predicted molar refractivity (Wildman–Crippen MR) is 164 cm³/mol. The van der Waals surface area contributed by atoms with E-state index >= 15 is 0 Å². The van der Waals surface area contributed by atoms with Gasteiger partial charge < -0.3 is 24.8 Å². The van der Waals surface area contributed by atoms with Crippen LogP contribution in [0.2, 0.25) is 0 Å². The summed E-state index contributed by atoms with van der Waals surface area (Å²) in [5, 5.41) is 9.66. The Morgan fingerprint density at radius 1 is 1.00 bits per heavy atom. The first-order valence-corrected chi connectivity index (χ1v) is 14.3. The number of methoxy groups -OCH3 is 2. The van der Waals surface area contributed by atoms with E-state index in [2.05, 4.69) is 30.7 Å². The van der Waals surface area contributed by atoms with E-state index in [4.69, 9.17) is 14.2 Å². The highest BCUT2D eigenvalue weighted by Crippen LogP contribution is 2.45. The van der Waals surface area contributed by atoms with Crippen LogP contribution in [-0.4, -0.2) is 69.2 Å². The van der Waals surface area contributed by atoms with E-state index in [1.54, 1.807) is 0 Å². The summed E-state index contributed by atoms with van der Waals surface area (Å²) in [4.78, 5) is 27.2. The van der Waals surface area contributed by atoms with Crippen LogP contribution in [0.4, 0.5) is 34.8 Å². The molecule has 0 saturated carbocycles.